The molecule has 1 N–H and O–H groups in total. The third-order valence-electron chi connectivity index (χ3n) is 3.26. The van der Waals surface area contributed by atoms with Gasteiger partial charge in [-0.15, -0.1) is 0 Å². The van der Waals surface area contributed by atoms with Gasteiger partial charge >= 0.3 is 0 Å². The molecule has 0 saturated carbocycles. The minimum atomic E-state index is -3.82. The number of nitrogens with one attached hydrogen (secondary N) is 1. The van der Waals surface area contributed by atoms with E-state index < -0.39 is 15.2 Å². The van der Waals surface area contributed by atoms with Gasteiger partial charge in [0.15, 0.2) is 0 Å². The predicted octanol–water partition coefficient (Wildman–Crippen LogP) is 3.19. The van der Waals surface area contributed by atoms with Gasteiger partial charge in [-0.1, -0.05) is 0 Å². The van der Waals surface area contributed by atoms with Crippen molar-refractivity contribution in [2.24, 2.45) is 0 Å². The van der Waals surface area contributed by atoms with E-state index in [1.807, 2.05) is 0 Å². The molecule has 1 fully saturated rings. The van der Waals surface area contributed by atoms with Crippen LogP contribution >= 0.6 is 26.6 Å². The molecule has 1 heterocycles. The average molecular weight is 397 g/mol. The SMILES string of the molecule is Cc1cc(NC(=O)C2CCCCO2)c(Br)cc1S(=O)(=O)Cl. The minimum Gasteiger partial charge on any atom is -0.368 e. The number of rotatable bonds is 3. The lowest BCUT2D eigenvalue weighted by molar-refractivity contribution is -0.129. The van der Waals surface area contributed by atoms with Crippen LogP contribution in [-0.4, -0.2) is 27.0 Å². The second-order valence-electron chi connectivity index (χ2n) is 4.88. The summed E-state index contributed by atoms with van der Waals surface area (Å²) in [4.78, 5) is 12.1. The summed E-state index contributed by atoms with van der Waals surface area (Å²) in [5.41, 5.74) is 0.962. The number of ether oxygens (including phenoxy) is 1. The van der Waals surface area contributed by atoms with E-state index in [-0.39, 0.29) is 10.8 Å². The number of carbonyl (C=O) groups is 1. The van der Waals surface area contributed by atoms with Crippen LogP contribution in [0.15, 0.2) is 21.5 Å². The number of aryl methyl sites for hydroxylation is 1. The Hall–Kier alpha value is -0.630. The molecular formula is C13H15BrClNO4S. The molecule has 1 atom stereocenters. The summed E-state index contributed by atoms with van der Waals surface area (Å²) in [5.74, 6) is -0.226. The first kappa shape index (κ1) is 16.7. The van der Waals surface area contributed by atoms with E-state index in [9.17, 15) is 13.2 Å². The first-order chi connectivity index (χ1) is 9.79. The normalized spacial score (nSPS) is 19.3. The molecule has 1 aliphatic rings. The molecule has 1 aromatic carbocycles. The summed E-state index contributed by atoms with van der Waals surface area (Å²) < 4.78 is 28.7. The van der Waals surface area contributed by atoms with Gasteiger partial charge in [-0.2, -0.15) is 0 Å². The molecule has 0 aromatic heterocycles. The van der Waals surface area contributed by atoms with Gasteiger partial charge < -0.3 is 10.1 Å². The lowest BCUT2D eigenvalue weighted by atomic mass is 10.1. The molecule has 0 aliphatic carbocycles. The third kappa shape index (κ3) is 4.18. The molecule has 116 valence electrons. The second-order valence-corrected chi connectivity index (χ2v) is 8.27. The fraction of sp³-hybridized carbons (Fsp3) is 0.462. The van der Waals surface area contributed by atoms with Crippen molar-refractivity contribution in [1.29, 1.82) is 0 Å². The van der Waals surface area contributed by atoms with E-state index in [1.54, 1.807) is 13.0 Å². The van der Waals surface area contributed by atoms with Gasteiger partial charge in [0.25, 0.3) is 15.0 Å². The Morgan fingerprint density at radius 3 is 2.71 bits per heavy atom. The van der Waals surface area contributed by atoms with Crippen molar-refractivity contribution in [3.05, 3.63) is 22.2 Å². The Kier molecular flexibility index (Phi) is 5.29. The molecular weight excluding hydrogens is 382 g/mol. The Labute approximate surface area is 136 Å². The molecule has 0 radical (unpaired) electrons. The first-order valence-corrected chi connectivity index (χ1v) is 9.56. The zero-order valence-electron chi connectivity index (χ0n) is 11.4. The van der Waals surface area contributed by atoms with Gasteiger partial charge in [-0.05, 0) is 59.8 Å². The van der Waals surface area contributed by atoms with Crippen LogP contribution in [0, 0.1) is 6.92 Å². The van der Waals surface area contributed by atoms with Crippen LogP contribution in [0.4, 0.5) is 5.69 Å². The van der Waals surface area contributed by atoms with Crippen LogP contribution in [-0.2, 0) is 18.6 Å². The monoisotopic (exact) mass is 395 g/mol. The van der Waals surface area contributed by atoms with E-state index in [0.717, 1.165) is 12.8 Å². The van der Waals surface area contributed by atoms with E-state index in [4.69, 9.17) is 15.4 Å². The highest BCUT2D eigenvalue weighted by Gasteiger charge is 2.23. The van der Waals surface area contributed by atoms with Gasteiger partial charge in [0, 0.05) is 21.8 Å². The lowest BCUT2D eigenvalue weighted by Crippen LogP contribution is -2.33. The largest absolute Gasteiger partial charge is 0.368 e. The molecule has 1 amide bonds. The van der Waals surface area contributed by atoms with Gasteiger partial charge in [0.1, 0.15) is 6.10 Å². The fourth-order valence-electron chi connectivity index (χ4n) is 2.18. The van der Waals surface area contributed by atoms with Gasteiger partial charge in [0.2, 0.25) is 0 Å². The maximum atomic E-state index is 12.1. The molecule has 8 heteroatoms. The average Bonchev–Trinajstić information content (AvgIpc) is 2.42. The van der Waals surface area contributed by atoms with Gasteiger partial charge in [0.05, 0.1) is 10.6 Å². The molecule has 1 unspecified atom stereocenters. The fourth-order valence-corrected chi connectivity index (χ4v) is 3.98. The van der Waals surface area contributed by atoms with Gasteiger partial charge in [-0.3, -0.25) is 4.79 Å². The number of carbonyl (C=O) groups excluding carboxylic acids is 1. The highest BCUT2D eigenvalue weighted by molar-refractivity contribution is 9.10. The summed E-state index contributed by atoms with van der Waals surface area (Å²) in [6.07, 6.45) is 2.16. The molecule has 5 nitrogen and oxygen atoms in total. The number of hydrogen-bond acceptors (Lipinski definition) is 4. The van der Waals surface area contributed by atoms with Crippen molar-refractivity contribution >= 4 is 47.3 Å². The number of hydrogen-bond donors (Lipinski definition) is 1. The Morgan fingerprint density at radius 2 is 2.14 bits per heavy atom. The van der Waals surface area contributed by atoms with Crippen LogP contribution < -0.4 is 5.32 Å². The lowest BCUT2D eigenvalue weighted by Gasteiger charge is -2.22. The van der Waals surface area contributed by atoms with Crippen LogP contribution in [0.25, 0.3) is 0 Å². The second kappa shape index (κ2) is 6.64. The summed E-state index contributed by atoms with van der Waals surface area (Å²) in [6.45, 7) is 2.20. The van der Waals surface area contributed by atoms with Crippen molar-refractivity contribution in [3.63, 3.8) is 0 Å². The molecule has 1 saturated heterocycles. The van der Waals surface area contributed by atoms with E-state index in [1.165, 1.54) is 6.07 Å². The van der Waals surface area contributed by atoms with Gasteiger partial charge in [-0.25, -0.2) is 8.42 Å². The summed E-state index contributed by atoms with van der Waals surface area (Å²) in [6, 6.07) is 2.95. The summed E-state index contributed by atoms with van der Waals surface area (Å²) in [5, 5.41) is 2.75. The molecule has 2 rings (SSSR count). The molecule has 0 bridgehead atoms. The van der Waals surface area contributed by atoms with E-state index in [0.29, 0.717) is 28.8 Å². The standard InChI is InChI=1S/C13H15BrClNO4S/c1-8-6-10(9(14)7-12(8)21(15,18)19)16-13(17)11-4-2-3-5-20-11/h6-7,11H,2-5H2,1H3,(H,16,17). The number of benzene rings is 1. The number of amides is 1. The summed E-state index contributed by atoms with van der Waals surface area (Å²) >= 11 is 3.25. The van der Waals surface area contributed by atoms with Crippen LogP contribution in [0.5, 0.6) is 0 Å². The summed E-state index contributed by atoms with van der Waals surface area (Å²) in [7, 11) is 1.54. The van der Waals surface area contributed by atoms with Crippen LogP contribution in [0.2, 0.25) is 0 Å². The Balaban J connectivity index is 2.21. The maximum Gasteiger partial charge on any atom is 0.261 e. The topological polar surface area (TPSA) is 72.5 Å². The highest BCUT2D eigenvalue weighted by Crippen LogP contribution is 2.31. The molecule has 1 aromatic rings. The van der Waals surface area contributed by atoms with Crippen LogP contribution in [0.1, 0.15) is 24.8 Å². The quantitative estimate of drug-likeness (QED) is 0.796. The predicted molar refractivity (Wildman–Crippen MR) is 84.1 cm³/mol. The van der Waals surface area contributed by atoms with Crippen molar-refractivity contribution in [2.75, 3.05) is 11.9 Å². The van der Waals surface area contributed by atoms with Crippen molar-refractivity contribution < 1.29 is 17.9 Å². The maximum absolute atomic E-state index is 12.1. The van der Waals surface area contributed by atoms with Crippen molar-refractivity contribution in [3.8, 4) is 0 Å². The third-order valence-corrected chi connectivity index (χ3v) is 5.38. The van der Waals surface area contributed by atoms with Crippen molar-refractivity contribution in [2.45, 2.75) is 37.2 Å². The zero-order chi connectivity index (χ0) is 15.6. The number of anilines is 1. The molecule has 21 heavy (non-hydrogen) atoms. The zero-order valence-corrected chi connectivity index (χ0v) is 14.5. The van der Waals surface area contributed by atoms with E-state index in [2.05, 4.69) is 21.2 Å². The molecule has 1 aliphatic heterocycles. The Bertz CT molecular complexity index is 656. The smallest absolute Gasteiger partial charge is 0.261 e. The highest BCUT2D eigenvalue weighted by atomic mass is 79.9. The Morgan fingerprint density at radius 1 is 1.43 bits per heavy atom. The van der Waals surface area contributed by atoms with Crippen molar-refractivity contribution in [1.82, 2.24) is 0 Å². The molecule has 0 spiro atoms. The van der Waals surface area contributed by atoms with Crippen LogP contribution in [0.3, 0.4) is 0 Å². The van der Waals surface area contributed by atoms with E-state index >= 15 is 0 Å². The first-order valence-electron chi connectivity index (χ1n) is 6.46. The number of halogens is 2. The minimum absolute atomic E-state index is 0.0166.